The molecule has 7 rings (SSSR count). The van der Waals surface area contributed by atoms with E-state index in [0.717, 1.165) is 53.9 Å². The van der Waals surface area contributed by atoms with Gasteiger partial charge in [-0.25, -0.2) is 19.1 Å². The number of nitrogens with one attached hydrogen (secondary N) is 4. The molecule has 4 N–H and O–H groups in total. The number of ether oxygens (including phenoxy) is 3. The molecule has 0 bridgehead atoms. The molecule has 1 aromatic carbocycles. The Morgan fingerprint density at radius 1 is 0.966 bits per heavy atom. The van der Waals surface area contributed by atoms with Crippen molar-refractivity contribution < 1.29 is 47.5 Å². The number of likely N-dealkylation sites (tertiary alicyclic amines) is 1. The van der Waals surface area contributed by atoms with Crippen molar-refractivity contribution in [1.82, 2.24) is 30.7 Å². The van der Waals surface area contributed by atoms with Crippen molar-refractivity contribution in [3.8, 4) is 0 Å². The maximum absolute atomic E-state index is 14.1. The summed E-state index contributed by atoms with van der Waals surface area (Å²) in [5.74, 6) is -0.413. The lowest BCUT2D eigenvalue weighted by atomic mass is 9.86. The molecule has 5 heterocycles. The van der Waals surface area contributed by atoms with Crippen molar-refractivity contribution in [2.45, 2.75) is 108 Å². The number of carbonyl (C=O) groups excluding carboxylic acids is 6. The van der Waals surface area contributed by atoms with Crippen LogP contribution in [0.15, 0.2) is 42.6 Å². The van der Waals surface area contributed by atoms with Crippen LogP contribution < -0.4 is 20.5 Å². The van der Waals surface area contributed by atoms with E-state index in [1.165, 1.54) is 14.2 Å². The molecule has 59 heavy (non-hydrogen) atoms. The number of hydrogen-bond acceptors (Lipinski definition) is 9. The number of H-pyrrole nitrogens is 1. The number of rotatable bonds is 10. The summed E-state index contributed by atoms with van der Waals surface area (Å²) in [4.78, 5) is 86.2. The number of amides is 5. The summed E-state index contributed by atoms with van der Waals surface area (Å²) in [6.45, 7) is 6.93. The molecule has 1 spiro atoms. The lowest BCUT2D eigenvalue weighted by Crippen LogP contribution is -2.62. The first kappa shape index (κ1) is 41.6. The molecule has 16 nitrogen and oxygen atoms in total. The Bertz CT molecular complexity index is 2030. The summed E-state index contributed by atoms with van der Waals surface area (Å²) in [5.41, 5.74) is 4.10. The number of aromatic nitrogens is 2. The number of aromatic amines is 1. The predicted molar refractivity (Wildman–Crippen MR) is 215 cm³/mol. The molecule has 5 aliphatic rings. The fourth-order valence-corrected chi connectivity index (χ4v) is 9.50. The van der Waals surface area contributed by atoms with Crippen molar-refractivity contribution in [2.75, 3.05) is 40.5 Å². The van der Waals surface area contributed by atoms with Crippen LogP contribution in [0.25, 0.3) is 11.1 Å². The molecule has 2 aromatic rings. The zero-order chi connectivity index (χ0) is 42.0. The fourth-order valence-electron chi connectivity index (χ4n) is 9.50. The number of imidazole rings is 1. The van der Waals surface area contributed by atoms with Gasteiger partial charge in [0.05, 0.1) is 20.8 Å². The van der Waals surface area contributed by atoms with Crippen LogP contribution in [0.5, 0.6) is 0 Å². The van der Waals surface area contributed by atoms with Crippen LogP contribution in [-0.2, 0) is 28.6 Å². The minimum Gasteiger partial charge on any atom is -0.453 e. The van der Waals surface area contributed by atoms with Crippen molar-refractivity contribution >= 4 is 46.8 Å². The maximum atomic E-state index is 14.1. The first-order valence-corrected chi connectivity index (χ1v) is 20.7. The van der Waals surface area contributed by atoms with Gasteiger partial charge in [-0.3, -0.25) is 19.2 Å². The Morgan fingerprint density at radius 3 is 2.32 bits per heavy atom. The van der Waals surface area contributed by atoms with Gasteiger partial charge in [-0.2, -0.15) is 0 Å². The lowest BCUT2D eigenvalue weighted by molar-refractivity contribution is -0.726. The maximum Gasteiger partial charge on any atom is 0.407 e. The van der Waals surface area contributed by atoms with Gasteiger partial charge in [0.1, 0.15) is 30.4 Å². The van der Waals surface area contributed by atoms with E-state index in [2.05, 4.69) is 37.7 Å². The number of methoxy groups -OCH3 is 2. The third-order valence-electron chi connectivity index (χ3n) is 12.9. The Hall–Kier alpha value is -5.51. The topological polar surface area (TPSA) is 192 Å². The van der Waals surface area contributed by atoms with Gasteiger partial charge in [-0.05, 0) is 75.3 Å². The van der Waals surface area contributed by atoms with Crippen LogP contribution in [-0.4, -0.2) is 115 Å². The molecule has 0 saturated carbocycles. The predicted octanol–water partition coefficient (Wildman–Crippen LogP) is 3.75. The van der Waals surface area contributed by atoms with Crippen LogP contribution in [0, 0.1) is 5.92 Å². The van der Waals surface area contributed by atoms with Gasteiger partial charge in [-0.1, -0.05) is 50.3 Å². The average Bonchev–Trinajstić information content (AvgIpc) is 4.00. The van der Waals surface area contributed by atoms with E-state index in [4.69, 9.17) is 14.2 Å². The number of carbonyl (C=O) groups is 6. The van der Waals surface area contributed by atoms with E-state index in [9.17, 15) is 28.8 Å². The van der Waals surface area contributed by atoms with Crippen molar-refractivity contribution in [1.29, 1.82) is 0 Å². The van der Waals surface area contributed by atoms with Gasteiger partial charge in [0, 0.05) is 36.4 Å². The average molecular weight is 815 g/mol. The Balaban J connectivity index is 1.01. The Kier molecular flexibility index (Phi) is 12.3. The van der Waals surface area contributed by atoms with Gasteiger partial charge in [0.2, 0.25) is 17.7 Å². The second-order valence-corrected chi connectivity index (χ2v) is 16.6. The van der Waals surface area contributed by atoms with Crippen LogP contribution in [0.1, 0.15) is 112 Å². The van der Waals surface area contributed by atoms with E-state index in [1.807, 2.05) is 44.0 Å². The number of ketones is 1. The number of hydrogen-bond donors (Lipinski definition) is 4. The molecule has 5 amide bonds. The van der Waals surface area contributed by atoms with Crippen molar-refractivity contribution in [2.24, 2.45) is 5.92 Å². The molecule has 3 fully saturated rings. The molecular weight excluding hydrogens is 759 g/mol. The Morgan fingerprint density at radius 2 is 1.66 bits per heavy atom. The Labute approximate surface area is 344 Å². The molecule has 16 heteroatoms. The molecule has 3 saturated heterocycles. The highest BCUT2D eigenvalue weighted by Gasteiger charge is 2.53. The monoisotopic (exact) mass is 814 g/mol. The normalized spacial score (nSPS) is 24.0. The molecule has 5 atom stereocenters. The molecule has 1 aromatic heterocycles. The van der Waals surface area contributed by atoms with E-state index in [0.29, 0.717) is 51.0 Å². The highest BCUT2D eigenvalue weighted by molar-refractivity contribution is 6.01. The molecule has 316 valence electrons. The summed E-state index contributed by atoms with van der Waals surface area (Å²) in [7, 11) is 2.53. The van der Waals surface area contributed by atoms with Gasteiger partial charge in [0.25, 0.3) is 5.82 Å². The van der Waals surface area contributed by atoms with Crippen LogP contribution in [0.4, 0.5) is 9.59 Å². The van der Waals surface area contributed by atoms with E-state index >= 15 is 0 Å². The second kappa shape index (κ2) is 17.4. The highest BCUT2D eigenvalue weighted by Crippen LogP contribution is 2.42. The van der Waals surface area contributed by atoms with E-state index in [1.54, 1.807) is 17.0 Å². The largest absolute Gasteiger partial charge is 0.453 e. The third kappa shape index (κ3) is 8.23. The van der Waals surface area contributed by atoms with Crippen LogP contribution >= 0.6 is 0 Å². The summed E-state index contributed by atoms with van der Waals surface area (Å²) in [6.07, 6.45) is 10.4. The van der Waals surface area contributed by atoms with Crippen LogP contribution in [0.2, 0.25) is 0 Å². The third-order valence-corrected chi connectivity index (χ3v) is 12.9. The first-order valence-electron chi connectivity index (χ1n) is 20.7. The number of Topliss-reactive ketones (excluding diaryl/α,β-unsaturated/α-hetero) is 1. The quantitative estimate of drug-likeness (QED) is 0.204. The summed E-state index contributed by atoms with van der Waals surface area (Å²) < 4.78 is 17.3. The number of nitrogens with zero attached hydrogens (tertiary/aromatic N) is 3. The van der Waals surface area contributed by atoms with Gasteiger partial charge < -0.3 is 40.0 Å². The zero-order valence-corrected chi connectivity index (χ0v) is 34.5. The minimum absolute atomic E-state index is 0.0990. The molecule has 5 unspecified atom stereocenters. The van der Waals surface area contributed by atoms with Crippen molar-refractivity contribution in [3.05, 3.63) is 65.3 Å². The van der Waals surface area contributed by atoms with Crippen molar-refractivity contribution in [3.63, 3.8) is 0 Å². The number of allylic oxidation sites excluding steroid dienone is 4. The number of benzene rings is 1. The smallest absolute Gasteiger partial charge is 0.407 e. The van der Waals surface area contributed by atoms with Crippen LogP contribution in [0.3, 0.4) is 0 Å². The fraction of sp³-hybridized carbons (Fsp3) is 0.558. The lowest BCUT2D eigenvalue weighted by Gasteiger charge is -2.45. The zero-order valence-electron chi connectivity index (χ0n) is 34.5. The van der Waals surface area contributed by atoms with Gasteiger partial charge in [-0.15, -0.1) is 0 Å². The molecular formula is C43H56N7O9+. The van der Waals surface area contributed by atoms with Gasteiger partial charge >= 0.3 is 12.2 Å². The first-order chi connectivity index (χ1) is 28.3. The number of fused-ring (bicyclic) bond motifs is 3. The summed E-state index contributed by atoms with van der Waals surface area (Å²) in [5, 5.41) is 8.22. The summed E-state index contributed by atoms with van der Waals surface area (Å²) in [6, 6.07) is 4.51. The SMILES string of the molecule is COC(=O)NC(C(=O)N1C(C(=O)NCC(=O)c2ccc(C3=CC=C(c4c[n+]5c([nH]4)C4CCCN4C(=O)C(NC(=O)OC)C5C)CC3)cc2)CCC12CCOCC2)C(C)C. The van der Waals surface area contributed by atoms with Gasteiger partial charge in [0.15, 0.2) is 17.5 Å². The standard InChI is InChI=1S/C43H55N7O9/c1-25(2)35(46-41(55)57-4)40(54)50-33(16-17-43(50)18-21-59-22-19-43)38(52)44-23-34(51)30-14-10-28(11-15-30)27-8-12-29(13-9-27)31-24-49-26(3)36(47-42(56)58-5)39(53)48-20-6-7-32(48)37(49)45-31/h8,10-12,14-15,24-26,32-33,35-36H,6-7,9,13,16-23H2,1-5H3,(H3,44,46,47,52,55,56)/p+1. The number of alkyl carbamates (subject to hydrolysis) is 2. The molecule has 0 radical (unpaired) electrons. The summed E-state index contributed by atoms with van der Waals surface area (Å²) >= 11 is 0. The van der Waals surface area contributed by atoms with E-state index < -0.39 is 41.8 Å². The minimum atomic E-state index is -0.888. The van der Waals surface area contributed by atoms with E-state index in [-0.39, 0.29) is 42.1 Å². The highest BCUT2D eigenvalue weighted by atomic mass is 16.5. The molecule has 4 aliphatic heterocycles. The second-order valence-electron chi connectivity index (χ2n) is 16.6. The molecule has 1 aliphatic carbocycles.